The van der Waals surface area contributed by atoms with Gasteiger partial charge < -0.3 is 9.47 Å². The molecule has 1 aliphatic heterocycles. The standard InChI is InChI=1S/C23H39FO2/c1-2-3-4-5-20-16-25-23(26-17-20)21-12-8-18(9-13-21)6-7-19-10-14-22(24)15-11-19/h14,18-21,23H,2-13,15-17H2,1H3/t18?,19?,20-,21?,23-. The van der Waals surface area contributed by atoms with E-state index in [1.807, 2.05) is 6.08 Å². The molecular weight excluding hydrogens is 327 g/mol. The van der Waals surface area contributed by atoms with Crippen LogP contribution in [0.15, 0.2) is 11.9 Å². The van der Waals surface area contributed by atoms with E-state index in [0.717, 1.165) is 37.9 Å². The Kier molecular flexibility index (Phi) is 8.45. The molecule has 26 heavy (non-hydrogen) atoms. The van der Waals surface area contributed by atoms with Gasteiger partial charge in [-0.05, 0) is 69.6 Å². The third kappa shape index (κ3) is 6.34. The molecule has 0 N–H and O–H groups in total. The summed E-state index contributed by atoms with van der Waals surface area (Å²) in [5.74, 6) is 2.93. The van der Waals surface area contributed by atoms with E-state index in [1.54, 1.807) is 0 Å². The van der Waals surface area contributed by atoms with Gasteiger partial charge in [-0.25, -0.2) is 4.39 Å². The highest BCUT2D eigenvalue weighted by molar-refractivity contribution is 4.97. The summed E-state index contributed by atoms with van der Waals surface area (Å²) in [5, 5.41) is 0. The lowest BCUT2D eigenvalue weighted by Gasteiger charge is -2.38. The highest BCUT2D eigenvalue weighted by Crippen LogP contribution is 2.38. The van der Waals surface area contributed by atoms with Crippen molar-refractivity contribution < 1.29 is 13.9 Å². The summed E-state index contributed by atoms with van der Waals surface area (Å²) in [6.07, 6.45) is 17.5. The van der Waals surface area contributed by atoms with Crippen LogP contribution in [-0.2, 0) is 9.47 Å². The van der Waals surface area contributed by atoms with Crippen molar-refractivity contribution in [1.29, 1.82) is 0 Å². The maximum Gasteiger partial charge on any atom is 0.160 e. The first-order valence-electron chi connectivity index (χ1n) is 11.3. The SMILES string of the molecule is CCCCC[C@H]1CO[C@H](C2CCC(CCC3CC=C(F)CC3)CC2)OC1. The number of hydrogen-bond donors (Lipinski definition) is 0. The van der Waals surface area contributed by atoms with Crippen molar-refractivity contribution in [3.8, 4) is 0 Å². The molecule has 2 aliphatic carbocycles. The Bertz CT molecular complexity index is 420. The molecule has 3 heteroatoms. The molecule has 2 nitrogen and oxygen atoms in total. The fourth-order valence-corrected chi connectivity index (χ4v) is 5.02. The number of rotatable bonds is 8. The molecular formula is C23H39FO2. The first-order chi connectivity index (χ1) is 12.7. The van der Waals surface area contributed by atoms with Crippen LogP contribution in [0.2, 0.25) is 0 Å². The minimum atomic E-state index is 0.0600. The van der Waals surface area contributed by atoms with E-state index in [9.17, 15) is 4.39 Å². The van der Waals surface area contributed by atoms with E-state index in [2.05, 4.69) is 6.92 Å². The van der Waals surface area contributed by atoms with E-state index in [0.29, 0.717) is 18.3 Å². The lowest BCUT2D eigenvalue weighted by Crippen LogP contribution is -2.38. The number of hydrogen-bond acceptors (Lipinski definition) is 2. The summed E-state index contributed by atoms with van der Waals surface area (Å²) < 4.78 is 25.3. The van der Waals surface area contributed by atoms with Crippen molar-refractivity contribution in [2.45, 2.75) is 96.7 Å². The number of ether oxygens (including phenoxy) is 2. The van der Waals surface area contributed by atoms with Gasteiger partial charge in [-0.1, -0.05) is 38.7 Å². The molecule has 3 rings (SSSR count). The van der Waals surface area contributed by atoms with Crippen LogP contribution in [0.25, 0.3) is 0 Å². The fourth-order valence-electron chi connectivity index (χ4n) is 5.02. The number of halogens is 1. The first kappa shape index (κ1) is 20.3. The summed E-state index contributed by atoms with van der Waals surface area (Å²) in [4.78, 5) is 0. The van der Waals surface area contributed by atoms with Crippen LogP contribution in [-0.4, -0.2) is 19.5 Å². The van der Waals surface area contributed by atoms with Crippen LogP contribution in [0.1, 0.15) is 90.4 Å². The van der Waals surface area contributed by atoms with Crippen LogP contribution in [0.4, 0.5) is 4.39 Å². The zero-order valence-electron chi connectivity index (χ0n) is 16.8. The molecule has 0 aromatic heterocycles. The molecule has 1 saturated heterocycles. The molecule has 0 radical (unpaired) electrons. The van der Waals surface area contributed by atoms with Crippen LogP contribution < -0.4 is 0 Å². The molecule has 1 heterocycles. The third-order valence-corrected chi connectivity index (χ3v) is 6.93. The molecule has 0 bridgehead atoms. The molecule has 0 aromatic carbocycles. The molecule has 0 spiro atoms. The molecule has 1 unspecified atom stereocenters. The Morgan fingerprint density at radius 2 is 1.62 bits per heavy atom. The third-order valence-electron chi connectivity index (χ3n) is 6.93. The molecule has 2 fully saturated rings. The van der Waals surface area contributed by atoms with Gasteiger partial charge in [0, 0.05) is 11.8 Å². The van der Waals surface area contributed by atoms with Gasteiger partial charge in [0.25, 0.3) is 0 Å². The van der Waals surface area contributed by atoms with E-state index in [1.165, 1.54) is 64.2 Å². The molecule has 0 aromatic rings. The maximum absolute atomic E-state index is 13.1. The minimum absolute atomic E-state index is 0.0600. The quantitative estimate of drug-likeness (QED) is 0.440. The molecule has 3 aliphatic rings. The Hall–Kier alpha value is -0.410. The second-order valence-electron chi connectivity index (χ2n) is 9.05. The Morgan fingerprint density at radius 3 is 2.27 bits per heavy atom. The lowest BCUT2D eigenvalue weighted by atomic mass is 9.77. The molecule has 1 saturated carbocycles. The van der Waals surface area contributed by atoms with Crippen molar-refractivity contribution in [3.63, 3.8) is 0 Å². The Morgan fingerprint density at radius 1 is 0.885 bits per heavy atom. The van der Waals surface area contributed by atoms with E-state index in [-0.39, 0.29) is 12.1 Å². The highest BCUT2D eigenvalue weighted by atomic mass is 19.1. The van der Waals surface area contributed by atoms with Crippen molar-refractivity contribution in [2.24, 2.45) is 23.7 Å². The van der Waals surface area contributed by atoms with Crippen LogP contribution in [0.3, 0.4) is 0 Å². The predicted octanol–water partition coefficient (Wildman–Crippen LogP) is 6.80. The van der Waals surface area contributed by atoms with Gasteiger partial charge in [0.1, 0.15) is 0 Å². The zero-order chi connectivity index (χ0) is 18.2. The average molecular weight is 367 g/mol. The zero-order valence-corrected chi connectivity index (χ0v) is 16.8. The smallest absolute Gasteiger partial charge is 0.160 e. The summed E-state index contributed by atoms with van der Waals surface area (Å²) in [5.41, 5.74) is 0. The van der Waals surface area contributed by atoms with E-state index < -0.39 is 0 Å². The number of unbranched alkanes of at least 4 members (excludes halogenated alkanes) is 2. The van der Waals surface area contributed by atoms with Crippen LogP contribution in [0, 0.1) is 23.7 Å². The monoisotopic (exact) mass is 366 g/mol. The van der Waals surface area contributed by atoms with Crippen molar-refractivity contribution >= 4 is 0 Å². The highest BCUT2D eigenvalue weighted by Gasteiger charge is 2.32. The average Bonchev–Trinajstić information content (AvgIpc) is 2.69. The van der Waals surface area contributed by atoms with Crippen molar-refractivity contribution in [2.75, 3.05) is 13.2 Å². The van der Waals surface area contributed by atoms with E-state index in [4.69, 9.17) is 9.47 Å². The predicted molar refractivity (Wildman–Crippen MR) is 105 cm³/mol. The number of allylic oxidation sites excluding steroid dienone is 2. The lowest BCUT2D eigenvalue weighted by molar-refractivity contribution is -0.230. The largest absolute Gasteiger partial charge is 0.352 e. The normalized spacial score (nSPS) is 35.9. The minimum Gasteiger partial charge on any atom is -0.352 e. The van der Waals surface area contributed by atoms with Crippen molar-refractivity contribution in [1.82, 2.24) is 0 Å². The molecule has 150 valence electrons. The van der Waals surface area contributed by atoms with Gasteiger partial charge in [0.2, 0.25) is 0 Å². The molecule has 1 atom stereocenters. The van der Waals surface area contributed by atoms with Gasteiger partial charge in [0.15, 0.2) is 6.29 Å². The summed E-state index contributed by atoms with van der Waals surface area (Å²) in [7, 11) is 0. The van der Waals surface area contributed by atoms with Crippen molar-refractivity contribution in [3.05, 3.63) is 11.9 Å². The fraction of sp³-hybridized carbons (Fsp3) is 0.913. The Balaban J connectivity index is 1.28. The first-order valence-corrected chi connectivity index (χ1v) is 11.3. The van der Waals surface area contributed by atoms with E-state index >= 15 is 0 Å². The van der Waals surface area contributed by atoms with Gasteiger partial charge >= 0.3 is 0 Å². The summed E-state index contributed by atoms with van der Waals surface area (Å²) in [6.45, 7) is 4.06. The van der Waals surface area contributed by atoms with Gasteiger partial charge in [-0.15, -0.1) is 0 Å². The second kappa shape index (κ2) is 10.8. The topological polar surface area (TPSA) is 18.5 Å². The van der Waals surface area contributed by atoms with Gasteiger partial charge in [-0.2, -0.15) is 0 Å². The van der Waals surface area contributed by atoms with Gasteiger partial charge in [-0.3, -0.25) is 0 Å². The summed E-state index contributed by atoms with van der Waals surface area (Å²) in [6, 6.07) is 0. The molecule has 0 amide bonds. The van der Waals surface area contributed by atoms with Crippen LogP contribution in [0.5, 0.6) is 0 Å². The Labute approximate surface area is 159 Å². The van der Waals surface area contributed by atoms with Crippen LogP contribution >= 0.6 is 0 Å². The van der Waals surface area contributed by atoms with Gasteiger partial charge in [0.05, 0.1) is 19.0 Å². The maximum atomic E-state index is 13.1. The second-order valence-corrected chi connectivity index (χ2v) is 9.05. The summed E-state index contributed by atoms with van der Waals surface area (Å²) >= 11 is 0.